The molecule has 0 amide bonds. The molecule has 0 aromatic carbocycles. The smallest absolute Gasteiger partial charge is 0.258 e. The molecule has 0 atom stereocenters. The molecule has 14 heavy (non-hydrogen) atoms. The fraction of sp³-hybridized carbons (Fsp3) is 0.111. The van der Waals surface area contributed by atoms with Crippen LogP contribution in [0.25, 0.3) is 5.65 Å². The molecule has 2 aromatic rings. The van der Waals surface area contributed by atoms with Crippen molar-refractivity contribution in [2.45, 2.75) is 6.61 Å². The molecule has 5 heteroatoms. The summed E-state index contributed by atoms with van der Waals surface area (Å²) in [4.78, 5) is 15.5. The SMILES string of the molecule is O=c1cc(CO)nc2ccc(Cl)cn12. The molecule has 0 saturated heterocycles. The van der Waals surface area contributed by atoms with E-state index in [1.54, 1.807) is 12.1 Å². The highest BCUT2D eigenvalue weighted by Crippen LogP contribution is 2.08. The van der Waals surface area contributed by atoms with E-state index in [-0.39, 0.29) is 12.2 Å². The Morgan fingerprint density at radius 1 is 1.50 bits per heavy atom. The van der Waals surface area contributed by atoms with Crippen molar-refractivity contribution in [1.29, 1.82) is 0 Å². The average molecular weight is 211 g/mol. The maximum absolute atomic E-state index is 11.5. The Morgan fingerprint density at radius 3 is 3.00 bits per heavy atom. The van der Waals surface area contributed by atoms with Crippen LogP contribution in [0, 0.1) is 0 Å². The van der Waals surface area contributed by atoms with Crippen LogP contribution in [0.1, 0.15) is 5.69 Å². The molecule has 0 aliphatic heterocycles. The van der Waals surface area contributed by atoms with Gasteiger partial charge in [0.05, 0.1) is 17.3 Å². The molecule has 0 aliphatic carbocycles. The lowest BCUT2D eigenvalue weighted by atomic mass is 10.4. The second-order valence-electron chi connectivity index (χ2n) is 2.82. The van der Waals surface area contributed by atoms with E-state index in [0.717, 1.165) is 0 Å². The number of aromatic nitrogens is 2. The van der Waals surface area contributed by atoms with Gasteiger partial charge in [0.15, 0.2) is 0 Å². The van der Waals surface area contributed by atoms with E-state index in [1.165, 1.54) is 16.7 Å². The summed E-state index contributed by atoms with van der Waals surface area (Å²) in [5.41, 5.74) is 0.588. The summed E-state index contributed by atoms with van der Waals surface area (Å²) >= 11 is 5.73. The second-order valence-corrected chi connectivity index (χ2v) is 3.26. The van der Waals surface area contributed by atoms with Gasteiger partial charge in [0.1, 0.15) is 5.65 Å². The van der Waals surface area contributed by atoms with Gasteiger partial charge in [-0.1, -0.05) is 11.6 Å². The van der Waals surface area contributed by atoms with Crippen LogP contribution < -0.4 is 5.56 Å². The van der Waals surface area contributed by atoms with Gasteiger partial charge in [0.25, 0.3) is 5.56 Å². The third kappa shape index (κ3) is 1.49. The summed E-state index contributed by atoms with van der Waals surface area (Å²) < 4.78 is 1.33. The Hall–Kier alpha value is -1.39. The van der Waals surface area contributed by atoms with Crippen molar-refractivity contribution in [3.8, 4) is 0 Å². The predicted octanol–water partition coefficient (Wildman–Crippen LogP) is 0.840. The molecule has 0 aliphatic rings. The van der Waals surface area contributed by atoms with E-state index in [4.69, 9.17) is 16.7 Å². The Labute approximate surface area is 84.4 Å². The fourth-order valence-electron chi connectivity index (χ4n) is 1.21. The molecule has 0 radical (unpaired) electrons. The number of halogens is 1. The lowest BCUT2D eigenvalue weighted by molar-refractivity contribution is 0.277. The summed E-state index contributed by atoms with van der Waals surface area (Å²) in [6.07, 6.45) is 1.49. The van der Waals surface area contributed by atoms with Crippen molar-refractivity contribution >= 4 is 17.2 Å². The standard InChI is InChI=1S/C9H7ClN2O2/c10-6-1-2-8-11-7(5-13)3-9(14)12(8)4-6/h1-4,13H,5H2. The number of nitrogens with zero attached hydrogens (tertiary/aromatic N) is 2. The summed E-state index contributed by atoms with van der Waals surface area (Å²) in [6.45, 7) is -0.242. The predicted molar refractivity (Wildman–Crippen MR) is 52.4 cm³/mol. The maximum Gasteiger partial charge on any atom is 0.258 e. The lowest BCUT2D eigenvalue weighted by Gasteiger charge is -2.01. The summed E-state index contributed by atoms with van der Waals surface area (Å²) in [5.74, 6) is 0. The molecule has 0 unspecified atom stereocenters. The monoisotopic (exact) mass is 210 g/mol. The first kappa shape index (κ1) is 9.18. The molecule has 0 spiro atoms. The van der Waals surface area contributed by atoms with E-state index in [2.05, 4.69) is 4.98 Å². The highest BCUT2D eigenvalue weighted by atomic mass is 35.5. The van der Waals surface area contributed by atoms with Crippen molar-refractivity contribution in [1.82, 2.24) is 9.38 Å². The van der Waals surface area contributed by atoms with Crippen molar-refractivity contribution in [3.05, 3.63) is 45.5 Å². The molecule has 0 bridgehead atoms. The Kier molecular flexibility index (Phi) is 2.23. The van der Waals surface area contributed by atoms with Gasteiger partial charge in [0.2, 0.25) is 0 Å². The van der Waals surface area contributed by atoms with Gasteiger partial charge in [-0.3, -0.25) is 9.20 Å². The summed E-state index contributed by atoms with van der Waals surface area (Å²) in [6, 6.07) is 4.55. The number of rotatable bonds is 1. The van der Waals surface area contributed by atoms with Crippen LogP contribution in [0.15, 0.2) is 29.2 Å². The topological polar surface area (TPSA) is 54.6 Å². The molecule has 0 saturated carbocycles. The molecule has 4 nitrogen and oxygen atoms in total. The Bertz CT molecular complexity index is 536. The quantitative estimate of drug-likeness (QED) is 0.759. The van der Waals surface area contributed by atoms with Crippen LogP contribution in [0.5, 0.6) is 0 Å². The zero-order valence-electron chi connectivity index (χ0n) is 7.14. The van der Waals surface area contributed by atoms with Crippen LogP contribution in [0.4, 0.5) is 0 Å². The van der Waals surface area contributed by atoms with Gasteiger partial charge < -0.3 is 5.11 Å². The van der Waals surface area contributed by atoms with E-state index in [1.807, 2.05) is 0 Å². The van der Waals surface area contributed by atoms with E-state index < -0.39 is 0 Å². The molecular formula is C9H7ClN2O2. The maximum atomic E-state index is 11.5. The highest BCUT2D eigenvalue weighted by Gasteiger charge is 2.01. The summed E-state index contributed by atoms with van der Waals surface area (Å²) in [5, 5.41) is 9.31. The number of hydrogen-bond donors (Lipinski definition) is 1. The Morgan fingerprint density at radius 2 is 2.29 bits per heavy atom. The Balaban J connectivity index is 2.83. The van der Waals surface area contributed by atoms with E-state index >= 15 is 0 Å². The first-order valence-corrected chi connectivity index (χ1v) is 4.37. The third-order valence-corrected chi connectivity index (χ3v) is 2.06. The van der Waals surface area contributed by atoms with Crippen molar-refractivity contribution in [3.63, 3.8) is 0 Å². The van der Waals surface area contributed by atoms with Crippen molar-refractivity contribution < 1.29 is 5.11 Å². The van der Waals surface area contributed by atoms with Gasteiger partial charge in [-0.15, -0.1) is 0 Å². The largest absolute Gasteiger partial charge is 0.390 e. The van der Waals surface area contributed by atoms with Crippen molar-refractivity contribution in [2.24, 2.45) is 0 Å². The number of aliphatic hydroxyl groups excluding tert-OH is 1. The second kappa shape index (κ2) is 3.40. The molecule has 2 heterocycles. The minimum atomic E-state index is -0.249. The lowest BCUT2D eigenvalue weighted by Crippen LogP contribution is -2.15. The van der Waals surface area contributed by atoms with Crippen LogP contribution in [0.3, 0.4) is 0 Å². The number of fused-ring (bicyclic) bond motifs is 1. The number of pyridine rings is 1. The van der Waals surface area contributed by atoms with Crippen LogP contribution in [-0.2, 0) is 6.61 Å². The number of hydrogen-bond acceptors (Lipinski definition) is 3. The van der Waals surface area contributed by atoms with Crippen LogP contribution in [-0.4, -0.2) is 14.5 Å². The van der Waals surface area contributed by atoms with Crippen LogP contribution >= 0.6 is 11.6 Å². The molecule has 72 valence electrons. The summed E-state index contributed by atoms with van der Waals surface area (Å²) in [7, 11) is 0. The third-order valence-electron chi connectivity index (χ3n) is 1.84. The minimum absolute atomic E-state index is 0.242. The molecule has 2 rings (SSSR count). The zero-order chi connectivity index (χ0) is 10.1. The van der Waals surface area contributed by atoms with Crippen LogP contribution in [0.2, 0.25) is 5.02 Å². The first-order chi connectivity index (χ1) is 6.70. The van der Waals surface area contributed by atoms with Gasteiger partial charge >= 0.3 is 0 Å². The highest BCUT2D eigenvalue weighted by molar-refractivity contribution is 6.30. The minimum Gasteiger partial charge on any atom is -0.390 e. The van der Waals surface area contributed by atoms with Crippen molar-refractivity contribution in [2.75, 3.05) is 0 Å². The normalized spacial score (nSPS) is 10.7. The van der Waals surface area contributed by atoms with E-state index in [0.29, 0.717) is 16.4 Å². The van der Waals surface area contributed by atoms with Gasteiger partial charge in [-0.25, -0.2) is 4.98 Å². The first-order valence-electron chi connectivity index (χ1n) is 3.99. The molecule has 1 N–H and O–H groups in total. The van der Waals surface area contributed by atoms with Gasteiger partial charge in [-0.05, 0) is 12.1 Å². The molecule has 0 fully saturated rings. The fourth-order valence-corrected chi connectivity index (χ4v) is 1.37. The van der Waals surface area contributed by atoms with Gasteiger partial charge in [-0.2, -0.15) is 0 Å². The molecular weight excluding hydrogens is 204 g/mol. The van der Waals surface area contributed by atoms with E-state index in [9.17, 15) is 4.79 Å². The number of aliphatic hydroxyl groups is 1. The molecule has 2 aromatic heterocycles. The zero-order valence-corrected chi connectivity index (χ0v) is 7.90. The van der Waals surface area contributed by atoms with Gasteiger partial charge in [0, 0.05) is 12.3 Å². The average Bonchev–Trinajstić information content (AvgIpc) is 2.19.